The van der Waals surface area contributed by atoms with Gasteiger partial charge in [0.05, 0.1) is 24.4 Å². The molecule has 0 fully saturated rings. The van der Waals surface area contributed by atoms with Crippen molar-refractivity contribution < 1.29 is 4.74 Å². The number of nitrogens with zero attached hydrogens (tertiary/aromatic N) is 5. The van der Waals surface area contributed by atoms with Gasteiger partial charge in [0.2, 0.25) is 0 Å². The van der Waals surface area contributed by atoms with Crippen molar-refractivity contribution in [3.05, 3.63) is 78.5 Å². The Hall–Kier alpha value is -3.98. The predicted molar refractivity (Wildman–Crippen MR) is 101 cm³/mol. The molecular formula is C21H15N5O. The van der Waals surface area contributed by atoms with E-state index in [2.05, 4.69) is 16.2 Å². The first kappa shape index (κ1) is 16.5. The molecule has 0 amide bonds. The molecule has 0 aliphatic carbocycles. The zero-order chi connectivity index (χ0) is 18.6. The van der Waals surface area contributed by atoms with E-state index in [1.54, 1.807) is 30.1 Å². The first-order valence-electron chi connectivity index (χ1n) is 8.32. The number of ether oxygens (including phenoxy) is 1. The zero-order valence-corrected chi connectivity index (χ0v) is 14.6. The summed E-state index contributed by atoms with van der Waals surface area (Å²) in [5, 5.41) is 13.7. The summed E-state index contributed by atoms with van der Waals surface area (Å²) in [6.07, 6.45) is 1.73. The van der Waals surface area contributed by atoms with Gasteiger partial charge in [0.1, 0.15) is 11.4 Å². The lowest BCUT2D eigenvalue weighted by molar-refractivity contribution is 0.414. The van der Waals surface area contributed by atoms with Crippen molar-refractivity contribution in [3.63, 3.8) is 0 Å². The molecule has 6 heteroatoms. The maximum atomic E-state index is 8.98. The van der Waals surface area contributed by atoms with Crippen LogP contribution in [0.25, 0.3) is 28.6 Å². The standard InChI is InChI=1S/C21H15N5O/c1-27-18-11-9-17(10-12-18)26-21(19-4-2-3-13-23-19)24-20(25-26)16-7-5-15(14-22)6-8-16/h2-13H,1H3. The summed E-state index contributed by atoms with van der Waals surface area (Å²) in [7, 11) is 1.63. The van der Waals surface area contributed by atoms with E-state index in [-0.39, 0.29) is 0 Å². The first-order chi connectivity index (χ1) is 13.3. The molecule has 2 aromatic carbocycles. The number of nitriles is 1. The number of methoxy groups -OCH3 is 1. The van der Waals surface area contributed by atoms with E-state index in [0.717, 1.165) is 22.7 Å². The largest absolute Gasteiger partial charge is 0.497 e. The number of rotatable bonds is 4. The highest BCUT2D eigenvalue weighted by Crippen LogP contribution is 2.25. The molecule has 0 saturated heterocycles. The Morgan fingerprint density at radius 1 is 0.963 bits per heavy atom. The van der Waals surface area contributed by atoms with Crippen molar-refractivity contribution in [2.45, 2.75) is 0 Å². The molecular weight excluding hydrogens is 338 g/mol. The van der Waals surface area contributed by atoms with Crippen molar-refractivity contribution >= 4 is 0 Å². The van der Waals surface area contributed by atoms with Gasteiger partial charge in [-0.25, -0.2) is 9.67 Å². The summed E-state index contributed by atoms with van der Waals surface area (Å²) < 4.78 is 6.99. The van der Waals surface area contributed by atoms with Gasteiger partial charge in [-0.2, -0.15) is 5.26 Å². The average Bonchev–Trinajstić information content (AvgIpc) is 3.20. The Balaban J connectivity index is 1.85. The van der Waals surface area contributed by atoms with Gasteiger partial charge in [-0.1, -0.05) is 6.07 Å². The fraction of sp³-hybridized carbons (Fsp3) is 0.0476. The fourth-order valence-electron chi connectivity index (χ4n) is 2.69. The Morgan fingerprint density at radius 2 is 1.74 bits per heavy atom. The number of hydrogen-bond acceptors (Lipinski definition) is 5. The molecule has 0 bridgehead atoms. The molecule has 27 heavy (non-hydrogen) atoms. The summed E-state index contributed by atoms with van der Waals surface area (Å²) in [4.78, 5) is 9.11. The molecule has 0 unspecified atom stereocenters. The van der Waals surface area contributed by atoms with Crippen LogP contribution >= 0.6 is 0 Å². The van der Waals surface area contributed by atoms with Gasteiger partial charge in [-0.15, -0.1) is 5.10 Å². The Labute approximate surface area is 156 Å². The second-order valence-electron chi connectivity index (χ2n) is 5.77. The van der Waals surface area contributed by atoms with E-state index in [0.29, 0.717) is 17.2 Å². The predicted octanol–water partition coefficient (Wildman–Crippen LogP) is 3.88. The summed E-state index contributed by atoms with van der Waals surface area (Å²) in [5.41, 5.74) is 3.00. The maximum absolute atomic E-state index is 8.98. The van der Waals surface area contributed by atoms with Crippen LogP contribution in [-0.4, -0.2) is 26.9 Å². The molecule has 2 aromatic heterocycles. The van der Waals surface area contributed by atoms with Gasteiger partial charge in [-0.3, -0.25) is 4.98 Å². The lowest BCUT2D eigenvalue weighted by Gasteiger charge is -2.06. The molecule has 0 aliphatic rings. The van der Waals surface area contributed by atoms with Crippen molar-refractivity contribution in [2.75, 3.05) is 7.11 Å². The van der Waals surface area contributed by atoms with E-state index in [9.17, 15) is 0 Å². The van der Waals surface area contributed by atoms with Crippen molar-refractivity contribution in [1.29, 1.82) is 5.26 Å². The fourth-order valence-corrected chi connectivity index (χ4v) is 2.69. The van der Waals surface area contributed by atoms with Crippen LogP contribution < -0.4 is 4.74 Å². The van der Waals surface area contributed by atoms with Gasteiger partial charge in [0, 0.05) is 11.8 Å². The third-order valence-electron chi connectivity index (χ3n) is 4.09. The average molecular weight is 353 g/mol. The molecule has 4 rings (SSSR count). The minimum atomic E-state index is 0.566. The first-order valence-corrected chi connectivity index (χ1v) is 8.32. The summed E-state index contributed by atoms with van der Waals surface area (Å²) in [5.74, 6) is 1.97. The highest BCUT2D eigenvalue weighted by atomic mass is 16.5. The third kappa shape index (κ3) is 3.26. The Morgan fingerprint density at radius 3 is 2.37 bits per heavy atom. The Bertz CT molecular complexity index is 1090. The second-order valence-corrected chi connectivity index (χ2v) is 5.77. The molecule has 0 aliphatic heterocycles. The molecule has 0 atom stereocenters. The summed E-state index contributed by atoms with van der Waals surface area (Å²) in [6.45, 7) is 0. The van der Waals surface area contributed by atoms with Crippen LogP contribution in [-0.2, 0) is 0 Å². The smallest absolute Gasteiger partial charge is 0.182 e. The van der Waals surface area contributed by atoms with Crippen LogP contribution in [0.4, 0.5) is 0 Å². The minimum Gasteiger partial charge on any atom is -0.497 e. The lowest BCUT2D eigenvalue weighted by Crippen LogP contribution is -2.00. The number of aromatic nitrogens is 4. The number of pyridine rings is 1. The minimum absolute atomic E-state index is 0.566. The normalized spacial score (nSPS) is 10.4. The highest BCUT2D eigenvalue weighted by molar-refractivity contribution is 5.62. The number of benzene rings is 2. The van der Waals surface area contributed by atoms with E-state index < -0.39 is 0 Å². The summed E-state index contributed by atoms with van der Waals surface area (Å²) >= 11 is 0. The third-order valence-corrected chi connectivity index (χ3v) is 4.09. The second kappa shape index (κ2) is 7.10. The van der Waals surface area contributed by atoms with Gasteiger partial charge in [0.25, 0.3) is 0 Å². The quantitative estimate of drug-likeness (QED) is 0.556. The highest BCUT2D eigenvalue weighted by Gasteiger charge is 2.16. The van der Waals surface area contributed by atoms with Crippen LogP contribution in [0.5, 0.6) is 5.75 Å². The molecule has 2 heterocycles. The molecule has 0 radical (unpaired) electrons. The number of hydrogen-bond donors (Lipinski definition) is 0. The maximum Gasteiger partial charge on any atom is 0.182 e. The van der Waals surface area contributed by atoms with Crippen LogP contribution in [0, 0.1) is 11.3 Å². The summed E-state index contributed by atoms with van der Waals surface area (Å²) in [6, 6.07) is 22.6. The van der Waals surface area contributed by atoms with Crippen LogP contribution in [0.3, 0.4) is 0 Å². The van der Waals surface area contributed by atoms with Gasteiger partial charge >= 0.3 is 0 Å². The Kier molecular flexibility index (Phi) is 4.33. The van der Waals surface area contributed by atoms with Crippen molar-refractivity contribution in [1.82, 2.24) is 19.7 Å². The van der Waals surface area contributed by atoms with Gasteiger partial charge in [0.15, 0.2) is 11.6 Å². The van der Waals surface area contributed by atoms with E-state index in [1.165, 1.54) is 0 Å². The molecule has 4 aromatic rings. The lowest BCUT2D eigenvalue weighted by atomic mass is 10.1. The van der Waals surface area contributed by atoms with Gasteiger partial charge in [-0.05, 0) is 60.7 Å². The van der Waals surface area contributed by atoms with Gasteiger partial charge < -0.3 is 4.74 Å². The molecule has 0 spiro atoms. The SMILES string of the molecule is COc1ccc(-n2nc(-c3ccc(C#N)cc3)nc2-c2ccccn2)cc1. The van der Waals surface area contributed by atoms with Crippen molar-refractivity contribution in [3.8, 4) is 40.4 Å². The molecule has 0 N–H and O–H groups in total. The van der Waals surface area contributed by atoms with Crippen molar-refractivity contribution in [2.24, 2.45) is 0 Å². The zero-order valence-electron chi connectivity index (χ0n) is 14.6. The molecule has 130 valence electrons. The molecule has 6 nitrogen and oxygen atoms in total. The molecule has 0 saturated carbocycles. The van der Waals surface area contributed by atoms with Crippen LogP contribution in [0.1, 0.15) is 5.56 Å². The van der Waals surface area contributed by atoms with Crippen LogP contribution in [0.15, 0.2) is 72.9 Å². The monoisotopic (exact) mass is 353 g/mol. The van der Waals surface area contributed by atoms with E-state index in [4.69, 9.17) is 15.0 Å². The van der Waals surface area contributed by atoms with E-state index >= 15 is 0 Å². The van der Waals surface area contributed by atoms with Crippen LogP contribution in [0.2, 0.25) is 0 Å². The topological polar surface area (TPSA) is 76.6 Å². The van der Waals surface area contributed by atoms with E-state index in [1.807, 2.05) is 54.6 Å².